The number of aliphatic hydroxyl groups is 1. The average Bonchev–Trinajstić information content (AvgIpc) is 2.84. The average molecular weight is 503 g/mol. The maximum Gasteiger partial charge on any atom is 0.251 e. The van der Waals surface area contributed by atoms with E-state index in [-0.39, 0.29) is 11.7 Å². The zero-order valence-corrected chi connectivity index (χ0v) is 21.5. The lowest BCUT2D eigenvalue weighted by atomic mass is 10.00. The Morgan fingerprint density at radius 2 is 1.89 bits per heavy atom. The van der Waals surface area contributed by atoms with Gasteiger partial charge in [-0.25, -0.2) is 8.42 Å². The van der Waals surface area contributed by atoms with E-state index in [0.717, 1.165) is 24.9 Å². The minimum absolute atomic E-state index is 0.107. The summed E-state index contributed by atoms with van der Waals surface area (Å²) in [6, 6.07) is 14.3. The molecule has 9 heteroatoms. The maximum absolute atomic E-state index is 13.4. The van der Waals surface area contributed by atoms with E-state index in [0.29, 0.717) is 49.4 Å². The van der Waals surface area contributed by atoms with Gasteiger partial charge in [0.05, 0.1) is 23.6 Å². The summed E-state index contributed by atoms with van der Waals surface area (Å²) in [4.78, 5) is 13.4. The van der Waals surface area contributed by atoms with Gasteiger partial charge >= 0.3 is 0 Å². The Morgan fingerprint density at radius 1 is 1.11 bits per heavy atom. The molecule has 2 aromatic carbocycles. The topological polar surface area (TPSA) is 111 Å². The summed E-state index contributed by atoms with van der Waals surface area (Å²) < 4.78 is 26.8. The Bertz CT molecular complexity index is 1060. The van der Waals surface area contributed by atoms with E-state index in [2.05, 4.69) is 22.9 Å². The Kier molecular flexibility index (Phi) is 9.94. The van der Waals surface area contributed by atoms with Crippen molar-refractivity contribution in [1.29, 1.82) is 0 Å². The highest BCUT2D eigenvalue weighted by molar-refractivity contribution is 7.92. The summed E-state index contributed by atoms with van der Waals surface area (Å²) in [6.07, 6.45) is 2.06. The third kappa shape index (κ3) is 7.68. The smallest absolute Gasteiger partial charge is 0.251 e. The van der Waals surface area contributed by atoms with Crippen LogP contribution >= 0.6 is 0 Å². The number of benzene rings is 2. The Morgan fingerprint density at radius 3 is 2.57 bits per heavy atom. The molecule has 0 aliphatic carbocycles. The molecule has 192 valence electrons. The number of rotatable bonds is 12. The predicted octanol–water partition coefficient (Wildman–Crippen LogP) is 2.75. The molecule has 0 bridgehead atoms. The molecule has 0 radical (unpaired) electrons. The van der Waals surface area contributed by atoms with Crippen molar-refractivity contribution in [1.82, 2.24) is 10.6 Å². The Labute approximate surface area is 209 Å². The van der Waals surface area contributed by atoms with Crippen molar-refractivity contribution in [3.8, 4) is 0 Å². The van der Waals surface area contributed by atoms with Gasteiger partial charge in [0.2, 0.25) is 10.0 Å². The molecule has 0 unspecified atom stereocenters. The minimum Gasteiger partial charge on any atom is -0.390 e. The molecule has 1 fully saturated rings. The predicted molar refractivity (Wildman–Crippen MR) is 142 cm³/mol. The van der Waals surface area contributed by atoms with E-state index in [1.807, 2.05) is 37.3 Å². The monoisotopic (exact) mass is 502 g/mol. The molecule has 8 nitrogen and oxygen atoms in total. The molecule has 0 aromatic heterocycles. The summed E-state index contributed by atoms with van der Waals surface area (Å²) in [7, 11) is -3.42. The number of aliphatic hydroxyl groups excluding tert-OH is 1. The van der Waals surface area contributed by atoms with Crippen LogP contribution in [0.5, 0.6) is 0 Å². The van der Waals surface area contributed by atoms with Crippen molar-refractivity contribution in [2.24, 2.45) is 0 Å². The maximum atomic E-state index is 13.4. The molecule has 1 saturated heterocycles. The largest absolute Gasteiger partial charge is 0.390 e. The number of carbonyl (C=O) groups excluding carboxylic acids is 1. The summed E-state index contributed by atoms with van der Waals surface area (Å²) >= 11 is 0. The summed E-state index contributed by atoms with van der Waals surface area (Å²) in [6.45, 7) is 6.18. The quantitative estimate of drug-likeness (QED) is 0.332. The number of carbonyl (C=O) groups is 1. The van der Waals surface area contributed by atoms with E-state index < -0.39 is 22.2 Å². The van der Waals surface area contributed by atoms with Crippen LogP contribution in [-0.2, 0) is 16.4 Å². The van der Waals surface area contributed by atoms with Crippen molar-refractivity contribution in [3.63, 3.8) is 0 Å². The van der Waals surface area contributed by atoms with Gasteiger partial charge in [-0.1, -0.05) is 37.3 Å². The molecule has 1 heterocycles. The van der Waals surface area contributed by atoms with E-state index in [4.69, 9.17) is 0 Å². The van der Waals surface area contributed by atoms with Gasteiger partial charge in [0.1, 0.15) is 0 Å². The minimum atomic E-state index is -3.42. The number of anilines is 2. The second kappa shape index (κ2) is 12.9. The first-order chi connectivity index (χ1) is 16.8. The van der Waals surface area contributed by atoms with Crippen molar-refractivity contribution in [3.05, 3.63) is 59.7 Å². The first-order valence-electron chi connectivity index (χ1n) is 12.5. The summed E-state index contributed by atoms with van der Waals surface area (Å²) in [5.74, 6) is -0.244. The van der Waals surface area contributed by atoms with Crippen LogP contribution in [-0.4, -0.2) is 63.5 Å². The van der Waals surface area contributed by atoms with Gasteiger partial charge < -0.3 is 21.1 Å². The summed E-state index contributed by atoms with van der Waals surface area (Å²) in [5.41, 5.74) is 2.53. The van der Waals surface area contributed by atoms with E-state index in [9.17, 15) is 18.3 Å². The highest BCUT2D eigenvalue weighted by atomic mass is 32.2. The number of hydrogen-bond donors (Lipinski definition) is 4. The van der Waals surface area contributed by atoms with Gasteiger partial charge in [0, 0.05) is 30.9 Å². The van der Waals surface area contributed by atoms with Crippen LogP contribution in [0.4, 0.5) is 11.4 Å². The lowest BCUT2D eigenvalue weighted by Gasteiger charge is -2.29. The second-order valence-electron chi connectivity index (χ2n) is 8.94. The van der Waals surface area contributed by atoms with Crippen LogP contribution in [0.1, 0.15) is 49.0 Å². The highest BCUT2D eigenvalue weighted by Gasteiger charge is 2.28. The molecule has 3 rings (SSSR count). The van der Waals surface area contributed by atoms with Gasteiger partial charge in [-0.3, -0.25) is 9.10 Å². The number of nitrogens with zero attached hydrogens (tertiary/aromatic N) is 1. The molecule has 0 saturated carbocycles. The third-order valence-corrected chi connectivity index (χ3v) is 7.93. The van der Waals surface area contributed by atoms with Crippen molar-refractivity contribution < 1.29 is 18.3 Å². The molecule has 2 atom stereocenters. The van der Waals surface area contributed by atoms with Gasteiger partial charge in [-0.2, -0.15) is 0 Å². The van der Waals surface area contributed by atoms with Gasteiger partial charge in [0.15, 0.2) is 0 Å². The molecule has 0 spiro atoms. The third-order valence-electron chi connectivity index (χ3n) is 6.06. The second-order valence-corrected chi connectivity index (χ2v) is 10.9. The van der Waals surface area contributed by atoms with Crippen LogP contribution in [0.25, 0.3) is 0 Å². The van der Waals surface area contributed by atoms with Gasteiger partial charge in [-0.15, -0.1) is 0 Å². The van der Waals surface area contributed by atoms with E-state index >= 15 is 0 Å². The Hall–Kier alpha value is -2.62. The van der Waals surface area contributed by atoms with Crippen LogP contribution in [0.15, 0.2) is 48.5 Å². The van der Waals surface area contributed by atoms with Crippen molar-refractivity contribution in [2.75, 3.05) is 41.6 Å². The molecule has 1 amide bonds. The van der Waals surface area contributed by atoms with Crippen molar-refractivity contribution in [2.45, 2.75) is 51.7 Å². The molecular formula is C26H38N4O4S. The zero-order valence-electron chi connectivity index (χ0n) is 20.7. The van der Waals surface area contributed by atoms with Gasteiger partial charge in [0.25, 0.3) is 5.91 Å². The fourth-order valence-corrected chi connectivity index (χ4v) is 5.87. The summed E-state index contributed by atoms with van der Waals surface area (Å²) in [5, 5.41) is 20.3. The normalized spacial score (nSPS) is 16.9. The lowest BCUT2D eigenvalue weighted by Crippen LogP contribution is -2.49. The molecule has 1 aliphatic heterocycles. The molecule has 1 aliphatic rings. The van der Waals surface area contributed by atoms with E-state index in [1.54, 1.807) is 18.2 Å². The van der Waals surface area contributed by atoms with Crippen LogP contribution in [0.2, 0.25) is 0 Å². The lowest BCUT2D eigenvalue weighted by molar-refractivity contribution is 0.0831. The fraction of sp³-hybridized carbons (Fsp3) is 0.500. The first kappa shape index (κ1) is 27.0. The SMILES string of the molecule is CCCNC[C@@H](O)[C@H](Cc1ccccc1)NC(=O)c1cc(NCC)cc(N2CCCCS2(=O)=O)c1. The van der Waals surface area contributed by atoms with Crippen LogP contribution < -0.4 is 20.3 Å². The molecule has 35 heavy (non-hydrogen) atoms. The highest BCUT2D eigenvalue weighted by Crippen LogP contribution is 2.28. The molecule has 2 aromatic rings. The van der Waals surface area contributed by atoms with Gasteiger partial charge in [-0.05, 0) is 62.9 Å². The van der Waals surface area contributed by atoms with Crippen molar-refractivity contribution >= 4 is 27.3 Å². The standard InChI is InChI=1S/C26H38N4O4S/c1-3-12-27-19-25(31)24(15-20-10-6-5-7-11-20)29-26(32)21-16-22(28-4-2)18-23(17-21)30-13-8-9-14-35(30,33)34/h5-7,10-11,16-18,24-25,27-28,31H,3-4,8-9,12-15,19H2,1-2H3,(H,29,32)/t24-,25+/m0/s1. The zero-order chi connectivity index (χ0) is 25.3. The van der Waals surface area contributed by atoms with Crippen LogP contribution in [0, 0.1) is 0 Å². The molecular weight excluding hydrogens is 464 g/mol. The molecule has 4 N–H and O–H groups in total. The number of nitrogens with one attached hydrogen (secondary N) is 3. The number of amides is 1. The first-order valence-corrected chi connectivity index (χ1v) is 14.1. The van der Waals surface area contributed by atoms with E-state index in [1.165, 1.54) is 4.31 Å². The van der Waals surface area contributed by atoms with Crippen LogP contribution in [0.3, 0.4) is 0 Å². The number of hydrogen-bond acceptors (Lipinski definition) is 6. The number of sulfonamides is 1. The fourth-order valence-electron chi connectivity index (χ4n) is 4.24. The Balaban J connectivity index is 1.86.